The smallest absolute Gasteiger partial charge is 0.229 e. The van der Waals surface area contributed by atoms with Gasteiger partial charge in [0, 0.05) is 23.4 Å². The fourth-order valence-electron chi connectivity index (χ4n) is 3.94. The summed E-state index contributed by atoms with van der Waals surface area (Å²) < 4.78 is 0. The number of rotatable bonds is 6. The largest absolute Gasteiger partial charge is 0.380 e. The van der Waals surface area contributed by atoms with Crippen LogP contribution in [0.5, 0.6) is 0 Å². The van der Waals surface area contributed by atoms with Gasteiger partial charge in [0.2, 0.25) is 5.91 Å². The molecule has 1 saturated carbocycles. The third-order valence-electron chi connectivity index (χ3n) is 5.88. The zero-order chi connectivity index (χ0) is 21.2. The first-order valence-corrected chi connectivity index (χ1v) is 12.0. The average molecular weight is 453 g/mol. The molecule has 0 bridgehead atoms. The molecule has 2 aromatic carbocycles. The molecular weight excluding hydrogens is 428 g/mol. The van der Waals surface area contributed by atoms with Crippen molar-refractivity contribution < 1.29 is 4.79 Å². The van der Waals surface area contributed by atoms with Gasteiger partial charge in [-0.3, -0.25) is 4.79 Å². The number of thiazole rings is 1. The molecule has 1 aliphatic heterocycles. The molecule has 3 aromatic rings. The Balaban J connectivity index is 1.25. The van der Waals surface area contributed by atoms with E-state index in [4.69, 9.17) is 11.6 Å². The summed E-state index contributed by atoms with van der Waals surface area (Å²) in [6.45, 7) is 2.70. The SMILES string of the molecule is O=C(Nc1nc(-c2ccc(CNc3c(Cl)ccc4c3CCNCC4)cc2)cs1)C1CC1. The molecular formula is C24H25ClN4OS. The standard InChI is InChI=1S/C24H25ClN4OS/c25-20-8-7-16-9-11-26-12-10-19(16)22(20)27-13-15-1-3-17(4-2-15)21-14-31-24(28-21)29-23(30)18-5-6-18/h1-4,7-8,14,18,26-27H,5-6,9-13H2,(H,28,29,30). The molecule has 0 saturated heterocycles. The van der Waals surface area contributed by atoms with Crippen LogP contribution in [-0.2, 0) is 24.2 Å². The number of nitrogens with one attached hydrogen (secondary N) is 3. The van der Waals surface area contributed by atoms with Crippen molar-refractivity contribution in [2.24, 2.45) is 5.92 Å². The fourth-order valence-corrected chi connectivity index (χ4v) is 4.90. The lowest BCUT2D eigenvalue weighted by Crippen LogP contribution is -2.16. The highest BCUT2D eigenvalue weighted by atomic mass is 35.5. The predicted octanol–water partition coefficient (Wildman–Crippen LogP) is 5.11. The lowest BCUT2D eigenvalue weighted by molar-refractivity contribution is -0.117. The van der Waals surface area contributed by atoms with Gasteiger partial charge in [-0.1, -0.05) is 41.9 Å². The number of fused-ring (bicyclic) bond motifs is 1. The van der Waals surface area contributed by atoms with Crippen LogP contribution in [-0.4, -0.2) is 24.0 Å². The predicted molar refractivity (Wildman–Crippen MR) is 128 cm³/mol. The summed E-state index contributed by atoms with van der Waals surface area (Å²) in [7, 11) is 0. The van der Waals surface area contributed by atoms with Gasteiger partial charge < -0.3 is 16.0 Å². The molecule has 160 valence electrons. The third kappa shape index (κ3) is 4.76. The van der Waals surface area contributed by atoms with Crippen LogP contribution in [0.3, 0.4) is 0 Å². The summed E-state index contributed by atoms with van der Waals surface area (Å²) in [4.78, 5) is 16.5. The zero-order valence-corrected chi connectivity index (χ0v) is 18.8. The summed E-state index contributed by atoms with van der Waals surface area (Å²) in [5.41, 5.74) is 6.88. The van der Waals surface area contributed by atoms with Crippen molar-refractivity contribution in [1.82, 2.24) is 10.3 Å². The second-order valence-electron chi connectivity index (χ2n) is 8.16. The van der Waals surface area contributed by atoms with Crippen molar-refractivity contribution >= 4 is 39.7 Å². The molecule has 7 heteroatoms. The number of carbonyl (C=O) groups excluding carboxylic acids is 1. The Hall–Kier alpha value is -2.41. The van der Waals surface area contributed by atoms with E-state index in [1.165, 1.54) is 28.0 Å². The molecule has 1 aliphatic carbocycles. The summed E-state index contributed by atoms with van der Waals surface area (Å²) >= 11 is 8.00. The van der Waals surface area contributed by atoms with Crippen LogP contribution in [0.1, 0.15) is 29.5 Å². The van der Waals surface area contributed by atoms with Gasteiger partial charge in [0.25, 0.3) is 0 Å². The van der Waals surface area contributed by atoms with Crippen molar-refractivity contribution in [1.29, 1.82) is 0 Å². The van der Waals surface area contributed by atoms with Crippen molar-refractivity contribution in [3.63, 3.8) is 0 Å². The Kier molecular flexibility index (Phi) is 5.94. The highest BCUT2D eigenvalue weighted by molar-refractivity contribution is 7.14. The fraction of sp³-hybridized carbons (Fsp3) is 0.333. The highest BCUT2D eigenvalue weighted by Crippen LogP contribution is 2.33. The number of anilines is 2. The molecule has 3 N–H and O–H groups in total. The molecule has 0 unspecified atom stereocenters. The molecule has 0 atom stereocenters. The number of benzene rings is 2. The quantitative estimate of drug-likeness (QED) is 0.486. The van der Waals surface area contributed by atoms with Gasteiger partial charge in [0.15, 0.2) is 5.13 Å². The van der Waals surface area contributed by atoms with Crippen molar-refractivity contribution in [2.75, 3.05) is 23.7 Å². The van der Waals surface area contributed by atoms with E-state index < -0.39 is 0 Å². The topological polar surface area (TPSA) is 66.0 Å². The lowest BCUT2D eigenvalue weighted by Gasteiger charge is -2.16. The maximum absolute atomic E-state index is 11.9. The molecule has 1 aromatic heterocycles. The van der Waals surface area contributed by atoms with Crippen LogP contribution in [0.15, 0.2) is 41.8 Å². The van der Waals surface area contributed by atoms with Crippen LogP contribution in [0.4, 0.5) is 10.8 Å². The second kappa shape index (κ2) is 8.99. The molecule has 1 fully saturated rings. The number of aromatic nitrogens is 1. The average Bonchev–Trinajstić information content (AvgIpc) is 3.57. The van der Waals surface area contributed by atoms with Crippen LogP contribution in [0.25, 0.3) is 11.3 Å². The van der Waals surface area contributed by atoms with E-state index in [0.717, 1.165) is 60.7 Å². The van der Waals surface area contributed by atoms with E-state index in [-0.39, 0.29) is 11.8 Å². The lowest BCUT2D eigenvalue weighted by atomic mass is 10.0. The summed E-state index contributed by atoms with van der Waals surface area (Å²) in [6.07, 6.45) is 4.01. The van der Waals surface area contributed by atoms with E-state index in [2.05, 4.69) is 51.3 Å². The first-order chi connectivity index (χ1) is 15.2. The van der Waals surface area contributed by atoms with Crippen molar-refractivity contribution in [3.8, 4) is 11.3 Å². The van der Waals surface area contributed by atoms with Crippen LogP contribution in [0, 0.1) is 5.92 Å². The molecule has 5 rings (SSSR count). The number of carbonyl (C=O) groups is 1. The third-order valence-corrected chi connectivity index (χ3v) is 6.96. The van der Waals surface area contributed by atoms with Gasteiger partial charge in [-0.2, -0.15) is 0 Å². The Morgan fingerprint density at radius 3 is 2.74 bits per heavy atom. The van der Waals surface area contributed by atoms with E-state index in [1.807, 2.05) is 11.4 Å². The monoisotopic (exact) mass is 452 g/mol. The maximum atomic E-state index is 11.9. The van der Waals surface area contributed by atoms with E-state index >= 15 is 0 Å². The van der Waals surface area contributed by atoms with Gasteiger partial charge in [-0.25, -0.2) is 4.98 Å². The Labute approximate surface area is 191 Å². The van der Waals surface area contributed by atoms with Crippen LogP contribution < -0.4 is 16.0 Å². The van der Waals surface area contributed by atoms with Crippen molar-refractivity contribution in [2.45, 2.75) is 32.2 Å². The minimum atomic E-state index is 0.0931. The van der Waals surface area contributed by atoms with E-state index in [0.29, 0.717) is 11.7 Å². The molecule has 2 aliphatic rings. The zero-order valence-electron chi connectivity index (χ0n) is 17.2. The Bertz CT molecular complexity index is 1090. The van der Waals surface area contributed by atoms with Crippen LogP contribution in [0.2, 0.25) is 5.02 Å². The number of hydrogen-bond donors (Lipinski definition) is 3. The molecule has 0 radical (unpaired) electrons. The molecule has 2 heterocycles. The normalized spacial score (nSPS) is 15.8. The van der Waals surface area contributed by atoms with Gasteiger partial charge >= 0.3 is 0 Å². The number of halogens is 1. The van der Waals surface area contributed by atoms with E-state index in [1.54, 1.807) is 0 Å². The van der Waals surface area contributed by atoms with Crippen molar-refractivity contribution in [3.05, 3.63) is 63.5 Å². The Morgan fingerprint density at radius 1 is 1.13 bits per heavy atom. The maximum Gasteiger partial charge on any atom is 0.229 e. The minimum absolute atomic E-state index is 0.0931. The second-order valence-corrected chi connectivity index (χ2v) is 9.43. The van der Waals surface area contributed by atoms with Gasteiger partial charge in [-0.05, 0) is 61.5 Å². The first kappa shape index (κ1) is 20.5. The van der Waals surface area contributed by atoms with Crippen LogP contribution >= 0.6 is 22.9 Å². The molecule has 0 spiro atoms. The summed E-state index contributed by atoms with van der Waals surface area (Å²) in [6, 6.07) is 12.5. The summed E-state index contributed by atoms with van der Waals surface area (Å²) in [5.74, 6) is 0.277. The van der Waals surface area contributed by atoms with E-state index in [9.17, 15) is 4.79 Å². The number of amides is 1. The highest BCUT2D eigenvalue weighted by Gasteiger charge is 2.30. The minimum Gasteiger partial charge on any atom is -0.380 e. The number of nitrogens with zero attached hydrogens (tertiary/aromatic N) is 1. The Morgan fingerprint density at radius 2 is 1.94 bits per heavy atom. The first-order valence-electron chi connectivity index (χ1n) is 10.8. The number of hydrogen-bond acceptors (Lipinski definition) is 5. The van der Waals surface area contributed by atoms with Gasteiger partial charge in [-0.15, -0.1) is 11.3 Å². The molecule has 1 amide bonds. The van der Waals surface area contributed by atoms with Gasteiger partial charge in [0.05, 0.1) is 16.4 Å². The summed E-state index contributed by atoms with van der Waals surface area (Å²) in [5, 5.41) is 13.4. The molecule has 31 heavy (non-hydrogen) atoms. The van der Waals surface area contributed by atoms with Gasteiger partial charge in [0.1, 0.15) is 0 Å². The molecule has 5 nitrogen and oxygen atoms in total.